The number of aryl methyl sites for hydroxylation is 1. The first-order valence-electron chi connectivity index (χ1n) is 13.7. The number of likely N-dealkylation sites (tertiary alicyclic amines) is 1. The van der Waals surface area contributed by atoms with Crippen LogP contribution in [0, 0.1) is 12.8 Å². The van der Waals surface area contributed by atoms with Gasteiger partial charge in [0.1, 0.15) is 11.5 Å². The average Bonchev–Trinajstić information content (AvgIpc) is 3.23. The molecule has 0 amide bonds. The van der Waals surface area contributed by atoms with Gasteiger partial charge in [0.25, 0.3) is 5.91 Å². The van der Waals surface area contributed by atoms with E-state index >= 15 is 0 Å². The number of methoxy groups -OCH3 is 1. The Bertz CT molecular complexity index is 1350. The van der Waals surface area contributed by atoms with Crippen LogP contribution < -0.4 is 15.2 Å². The Balaban J connectivity index is 1.29. The van der Waals surface area contributed by atoms with Crippen LogP contribution in [-0.4, -0.2) is 65.9 Å². The highest BCUT2D eigenvalue weighted by Crippen LogP contribution is 2.27. The summed E-state index contributed by atoms with van der Waals surface area (Å²) in [5, 5.41) is 0. The van der Waals surface area contributed by atoms with Gasteiger partial charge in [-0.3, -0.25) is 14.2 Å². The smallest absolute Gasteiger partial charge is 0.336 e. The van der Waals surface area contributed by atoms with Crippen molar-refractivity contribution in [1.82, 2.24) is 14.0 Å². The van der Waals surface area contributed by atoms with Crippen molar-refractivity contribution in [3.05, 3.63) is 58.5 Å². The highest BCUT2D eigenvalue weighted by molar-refractivity contribution is 5.91. The third-order valence-corrected chi connectivity index (χ3v) is 7.44. The van der Waals surface area contributed by atoms with Crippen LogP contribution >= 0.6 is 0 Å². The topological polar surface area (TPSA) is 92.0 Å². The first kappa shape index (κ1) is 28.4. The monoisotopic (exact) mass is 537 g/mol. The predicted molar refractivity (Wildman–Crippen MR) is 150 cm³/mol. The molecule has 1 fully saturated rings. The van der Waals surface area contributed by atoms with Gasteiger partial charge in [-0.25, -0.2) is 9.36 Å². The van der Waals surface area contributed by atoms with E-state index in [1.165, 1.54) is 6.92 Å². The van der Waals surface area contributed by atoms with E-state index in [9.17, 15) is 14.4 Å². The number of aromatic nitrogens is 2. The van der Waals surface area contributed by atoms with Crippen LogP contribution in [0.2, 0.25) is 0 Å². The van der Waals surface area contributed by atoms with Crippen LogP contribution in [0.1, 0.15) is 55.9 Å². The number of esters is 1. The zero-order valence-corrected chi connectivity index (χ0v) is 23.4. The molecule has 1 aliphatic heterocycles. The van der Waals surface area contributed by atoms with E-state index in [2.05, 4.69) is 11.8 Å². The van der Waals surface area contributed by atoms with Gasteiger partial charge in [-0.1, -0.05) is 25.1 Å². The van der Waals surface area contributed by atoms with E-state index in [4.69, 9.17) is 14.2 Å². The summed E-state index contributed by atoms with van der Waals surface area (Å²) >= 11 is 0. The summed E-state index contributed by atoms with van der Waals surface area (Å²) < 4.78 is 19.1. The summed E-state index contributed by atoms with van der Waals surface area (Å²) in [6.45, 7) is 8.50. The van der Waals surface area contributed by atoms with E-state index in [0.29, 0.717) is 18.0 Å². The number of benzene rings is 2. The summed E-state index contributed by atoms with van der Waals surface area (Å²) in [7, 11) is 1.66. The molecule has 0 bridgehead atoms. The molecule has 1 atom stereocenters. The number of para-hydroxylation sites is 2. The highest BCUT2D eigenvalue weighted by atomic mass is 16.5. The minimum atomic E-state index is -0.554. The standard InChI is InChI=1S/C30H39N3O6/c1-21(19-39-28-18-25(37-4)12-11-22(28)2)8-7-15-31-16-13-24(14-17-31)32-26-9-5-6-10-27(26)33(30(32)36)29(35)20-38-23(3)34/h5-6,9-12,18,21,24H,7-8,13-17,19-20H2,1-4H3. The van der Waals surface area contributed by atoms with Crippen LogP contribution in [0.4, 0.5) is 0 Å². The molecule has 9 heteroatoms. The van der Waals surface area contributed by atoms with Crippen molar-refractivity contribution >= 4 is 22.9 Å². The van der Waals surface area contributed by atoms with Gasteiger partial charge in [0.2, 0.25) is 0 Å². The molecular weight excluding hydrogens is 498 g/mol. The molecule has 0 radical (unpaired) electrons. The minimum absolute atomic E-state index is 0.0138. The lowest BCUT2D eigenvalue weighted by atomic mass is 10.0. The van der Waals surface area contributed by atoms with Gasteiger partial charge in [0.15, 0.2) is 6.61 Å². The second kappa shape index (κ2) is 13.0. The van der Waals surface area contributed by atoms with Crippen molar-refractivity contribution < 1.29 is 23.8 Å². The van der Waals surface area contributed by atoms with Gasteiger partial charge in [0.05, 0.1) is 24.8 Å². The lowest BCUT2D eigenvalue weighted by Crippen LogP contribution is -2.39. The van der Waals surface area contributed by atoms with Crippen molar-refractivity contribution in [2.75, 3.05) is 40.0 Å². The molecule has 2 aromatic carbocycles. The molecule has 0 saturated carbocycles. The van der Waals surface area contributed by atoms with E-state index in [1.807, 2.05) is 37.3 Å². The number of hydrogen-bond donors (Lipinski definition) is 0. The Morgan fingerprint density at radius 3 is 2.49 bits per heavy atom. The van der Waals surface area contributed by atoms with E-state index < -0.39 is 18.5 Å². The van der Waals surface area contributed by atoms with E-state index in [-0.39, 0.29) is 11.7 Å². The Hall–Kier alpha value is -3.59. The van der Waals surface area contributed by atoms with Gasteiger partial charge in [-0.05, 0) is 68.8 Å². The molecule has 1 unspecified atom stereocenters. The fourth-order valence-corrected chi connectivity index (χ4v) is 5.24. The number of hydrogen-bond acceptors (Lipinski definition) is 7. The van der Waals surface area contributed by atoms with Crippen LogP contribution in [0.15, 0.2) is 47.3 Å². The van der Waals surface area contributed by atoms with Crippen molar-refractivity contribution in [1.29, 1.82) is 0 Å². The number of ether oxygens (including phenoxy) is 3. The van der Waals surface area contributed by atoms with Crippen molar-refractivity contribution in [2.45, 2.75) is 52.5 Å². The molecule has 4 rings (SSSR count). The normalized spacial score (nSPS) is 15.3. The molecule has 1 aliphatic rings. The number of carbonyl (C=O) groups excluding carboxylic acids is 2. The number of piperidine rings is 1. The third kappa shape index (κ3) is 6.89. The highest BCUT2D eigenvalue weighted by Gasteiger charge is 2.27. The Morgan fingerprint density at radius 2 is 1.79 bits per heavy atom. The second-order valence-electron chi connectivity index (χ2n) is 10.4. The number of imidazole rings is 1. The van der Waals surface area contributed by atoms with E-state index in [1.54, 1.807) is 23.8 Å². The SMILES string of the molecule is COc1ccc(C)c(OCC(C)CCCN2CCC(n3c(=O)n(C(=O)COC(C)=O)c4ccccc43)CC2)c1. The molecule has 210 valence electrons. The lowest BCUT2D eigenvalue weighted by Gasteiger charge is -2.32. The summed E-state index contributed by atoms with van der Waals surface area (Å²) in [6, 6.07) is 13.2. The molecule has 39 heavy (non-hydrogen) atoms. The summed E-state index contributed by atoms with van der Waals surface area (Å²) in [6.07, 6.45) is 3.82. The molecule has 0 aliphatic carbocycles. The number of rotatable bonds is 11. The van der Waals surface area contributed by atoms with E-state index in [0.717, 1.165) is 72.5 Å². The summed E-state index contributed by atoms with van der Waals surface area (Å²) in [4.78, 5) is 39.7. The van der Waals surface area contributed by atoms with Crippen molar-refractivity contribution in [3.8, 4) is 11.5 Å². The molecule has 1 aromatic heterocycles. The maximum atomic E-state index is 13.4. The largest absolute Gasteiger partial charge is 0.497 e. The van der Waals surface area contributed by atoms with Gasteiger partial charge >= 0.3 is 11.7 Å². The molecule has 3 aromatic rings. The fourth-order valence-electron chi connectivity index (χ4n) is 5.24. The summed E-state index contributed by atoms with van der Waals surface area (Å²) in [5.74, 6) is 1.01. The first-order chi connectivity index (χ1) is 18.8. The van der Waals surface area contributed by atoms with Gasteiger partial charge in [-0.15, -0.1) is 0 Å². The fraction of sp³-hybridized carbons (Fsp3) is 0.500. The third-order valence-electron chi connectivity index (χ3n) is 7.44. The number of carbonyl (C=O) groups is 2. The lowest BCUT2D eigenvalue weighted by molar-refractivity contribution is -0.139. The van der Waals surface area contributed by atoms with Crippen LogP contribution in [0.25, 0.3) is 11.0 Å². The number of nitrogens with zero attached hydrogens (tertiary/aromatic N) is 3. The Labute approximate surface area is 229 Å². The van der Waals surface area contributed by atoms with Crippen molar-refractivity contribution in [3.63, 3.8) is 0 Å². The molecule has 0 spiro atoms. The first-order valence-corrected chi connectivity index (χ1v) is 13.7. The zero-order valence-electron chi connectivity index (χ0n) is 23.4. The average molecular weight is 538 g/mol. The van der Waals surface area contributed by atoms with Gasteiger partial charge in [0, 0.05) is 32.1 Å². The quantitative estimate of drug-likeness (QED) is 0.334. The maximum Gasteiger partial charge on any atom is 0.336 e. The van der Waals surface area contributed by atoms with Crippen molar-refractivity contribution in [2.24, 2.45) is 5.92 Å². The Kier molecular flexibility index (Phi) is 9.45. The predicted octanol–water partition coefficient (Wildman–Crippen LogP) is 4.46. The molecule has 9 nitrogen and oxygen atoms in total. The maximum absolute atomic E-state index is 13.4. The molecule has 0 N–H and O–H groups in total. The zero-order chi connectivity index (χ0) is 27.9. The molecule has 2 heterocycles. The second-order valence-corrected chi connectivity index (χ2v) is 10.4. The van der Waals surface area contributed by atoms with Crippen LogP contribution in [0.5, 0.6) is 11.5 Å². The molecular formula is C30H39N3O6. The number of fused-ring (bicyclic) bond motifs is 1. The van der Waals surface area contributed by atoms with Gasteiger partial charge < -0.3 is 19.1 Å². The molecule has 1 saturated heterocycles. The van der Waals surface area contributed by atoms with Crippen LogP contribution in [0.3, 0.4) is 0 Å². The van der Waals surface area contributed by atoms with Crippen LogP contribution in [-0.2, 0) is 9.53 Å². The summed E-state index contributed by atoms with van der Waals surface area (Å²) in [5.41, 5.74) is 2.01. The Morgan fingerprint density at radius 1 is 1.08 bits per heavy atom. The van der Waals surface area contributed by atoms with Gasteiger partial charge in [-0.2, -0.15) is 0 Å². The minimum Gasteiger partial charge on any atom is -0.497 e.